The molecule has 1 aliphatic carbocycles. The second-order valence-corrected chi connectivity index (χ2v) is 5.56. The van der Waals surface area contributed by atoms with Gasteiger partial charge in [-0.2, -0.15) is 5.26 Å². The number of nitrogens with zero attached hydrogens (tertiary/aromatic N) is 1. The van der Waals surface area contributed by atoms with E-state index in [9.17, 15) is 0 Å². The molecule has 0 saturated heterocycles. The van der Waals surface area contributed by atoms with Crippen molar-refractivity contribution >= 4 is 23.4 Å². The zero-order valence-corrected chi connectivity index (χ0v) is 9.94. The first-order valence-corrected chi connectivity index (χ1v) is 6.41. The molecule has 0 atom stereocenters. The fourth-order valence-electron chi connectivity index (χ4n) is 1.87. The van der Waals surface area contributed by atoms with E-state index in [-0.39, 0.29) is 0 Å². The van der Waals surface area contributed by atoms with Gasteiger partial charge in [0.05, 0.1) is 5.56 Å². The topological polar surface area (TPSA) is 23.8 Å². The van der Waals surface area contributed by atoms with Gasteiger partial charge in [0.25, 0.3) is 0 Å². The molecular formula is C12H12ClNS. The van der Waals surface area contributed by atoms with Crippen molar-refractivity contribution in [3.8, 4) is 6.07 Å². The van der Waals surface area contributed by atoms with Gasteiger partial charge in [0.1, 0.15) is 6.07 Å². The maximum Gasteiger partial charge on any atom is 0.100 e. The molecule has 0 radical (unpaired) electrons. The Morgan fingerprint density at radius 1 is 1.33 bits per heavy atom. The molecule has 1 aliphatic rings. The van der Waals surface area contributed by atoms with Gasteiger partial charge in [-0.05, 0) is 31.0 Å². The van der Waals surface area contributed by atoms with E-state index >= 15 is 0 Å². The molecule has 0 N–H and O–H groups in total. The molecule has 0 heterocycles. The summed E-state index contributed by atoms with van der Waals surface area (Å²) in [5.41, 5.74) is 0.747. The highest BCUT2D eigenvalue weighted by atomic mass is 35.5. The van der Waals surface area contributed by atoms with Gasteiger partial charge in [-0.15, -0.1) is 11.8 Å². The van der Waals surface area contributed by atoms with Crippen molar-refractivity contribution < 1.29 is 0 Å². The summed E-state index contributed by atoms with van der Waals surface area (Å²) in [6.07, 6.45) is 5.17. The minimum atomic E-state index is 0.676. The van der Waals surface area contributed by atoms with E-state index < -0.39 is 0 Å². The molecule has 15 heavy (non-hydrogen) atoms. The third-order valence-electron chi connectivity index (χ3n) is 2.66. The summed E-state index contributed by atoms with van der Waals surface area (Å²) in [5.74, 6) is 0. The van der Waals surface area contributed by atoms with Crippen LogP contribution in [0.5, 0.6) is 0 Å². The molecule has 1 saturated carbocycles. The maximum atomic E-state index is 8.98. The van der Waals surface area contributed by atoms with Gasteiger partial charge >= 0.3 is 0 Å². The Labute approximate surface area is 99.4 Å². The van der Waals surface area contributed by atoms with E-state index in [1.807, 2.05) is 17.8 Å². The highest BCUT2D eigenvalue weighted by Crippen LogP contribution is 2.37. The lowest BCUT2D eigenvalue weighted by molar-refractivity contribution is 0.886. The second-order valence-electron chi connectivity index (χ2n) is 3.78. The second kappa shape index (κ2) is 4.92. The first kappa shape index (κ1) is 10.9. The smallest absolute Gasteiger partial charge is 0.100 e. The number of hydrogen-bond acceptors (Lipinski definition) is 2. The summed E-state index contributed by atoms with van der Waals surface area (Å²) in [5, 5.41) is 10.4. The van der Waals surface area contributed by atoms with Crippen molar-refractivity contribution in [2.75, 3.05) is 0 Å². The molecule has 2 rings (SSSR count). The molecule has 1 aromatic carbocycles. The summed E-state index contributed by atoms with van der Waals surface area (Å²) in [6.45, 7) is 0. The predicted octanol–water partition coefficient (Wildman–Crippen LogP) is 4.25. The van der Waals surface area contributed by atoms with Crippen LogP contribution in [0, 0.1) is 11.3 Å². The molecule has 1 nitrogen and oxygen atoms in total. The van der Waals surface area contributed by atoms with Crippen LogP contribution < -0.4 is 0 Å². The monoisotopic (exact) mass is 237 g/mol. The average Bonchev–Trinajstić information content (AvgIpc) is 2.71. The van der Waals surface area contributed by atoms with E-state index in [1.54, 1.807) is 12.1 Å². The van der Waals surface area contributed by atoms with E-state index in [0.29, 0.717) is 5.25 Å². The molecule has 0 bridgehead atoms. The van der Waals surface area contributed by atoms with Crippen molar-refractivity contribution in [2.45, 2.75) is 35.8 Å². The van der Waals surface area contributed by atoms with Gasteiger partial charge in [-0.25, -0.2) is 0 Å². The van der Waals surface area contributed by atoms with Crippen molar-refractivity contribution in [2.24, 2.45) is 0 Å². The first-order chi connectivity index (χ1) is 7.29. The lowest BCUT2D eigenvalue weighted by Gasteiger charge is -2.09. The van der Waals surface area contributed by atoms with Gasteiger partial charge in [-0.1, -0.05) is 24.4 Å². The summed E-state index contributed by atoms with van der Waals surface area (Å²) >= 11 is 7.75. The Morgan fingerprint density at radius 2 is 2.07 bits per heavy atom. The van der Waals surface area contributed by atoms with E-state index in [0.717, 1.165) is 15.5 Å². The summed E-state index contributed by atoms with van der Waals surface area (Å²) in [7, 11) is 0. The SMILES string of the molecule is N#Cc1ccc(Cl)cc1SC1CCCC1. The number of nitriles is 1. The zero-order chi connectivity index (χ0) is 10.7. The van der Waals surface area contributed by atoms with Gasteiger partial charge in [0.2, 0.25) is 0 Å². The molecule has 78 valence electrons. The lowest BCUT2D eigenvalue weighted by atomic mass is 10.2. The summed E-state index contributed by atoms with van der Waals surface area (Å²) < 4.78 is 0. The standard InChI is InChI=1S/C12H12ClNS/c13-10-6-5-9(8-14)12(7-10)15-11-3-1-2-4-11/h5-7,11H,1-4H2. The molecule has 0 unspecified atom stereocenters. The normalized spacial score (nSPS) is 16.5. The highest BCUT2D eigenvalue weighted by molar-refractivity contribution is 8.00. The molecule has 1 aromatic rings. The van der Waals surface area contributed by atoms with Crippen LogP contribution in [0.1, 0.15) is 31.2 Å². The Morgan fingerprint density at radius 3 is 2.73 bits per heavy atom. The van der Waals surface area contributed by atoms with Crippen LogP contribution >= 0.6 is 23.4 Å². The van der Waals surface area contributed by atoms with Crippen LogP contribution in [0.25, 0.3) is 0 Å². The fourth-order valence-corrected chi connectivity index (χ4v) is 3.47. The maximum absolute atomic E-state index is 8.98. The Hall–Kier alpha value is -0.650. The van der Waals surface area contributed by atoms with Crippen LogP contribution in [0.15, 0.2) is 23.1 Å². The van der Waals surface area contributed by atoms with Crippen LogP contribution in [0.2, 0.25) is 5.02 Å². The van der Waals surface area contributed by atoms with Gasteiger partial charge in [0, 0.05) is 15.2 Å². The zero-order valence-electron chi connectivity index (χ0n) is 8.37. The first-order valence-electron chi connectivity index (χ1n) is 5.16. The van der Waals surface area contributed by atoms with Crippen molar-refractivity contribution in [1.82, 2.24) is 0 Å². The van der Waals surface area contributed by atoms with Crippen LogP contribution in [-0.2, 0) is 0 Å². The Kier molecular flexibility index (Phi) is 3.56. The molecule has 0 aromatic heterocycles. The average molecular weight is 238 g/mol. The van der Waals surface area contributed by atoms with Crippen molar-refractivity contribution in [1.29, 1.82) is 5.26 Å². The molecular weight excluding hydrogens is 226 g/mol. The number of thioether (sulfide) groups is 1. The van der Waals surface area contributed by atoms with Crippen LogP contribution in [0.3, 0.4) is 0 Å². The third kappa shape index (κ3) is 2.68. The quantitative estimate of drug-likeness (QED) is 0.768. The van der Waals surface area contributed by atoms with Gasteiger partial charge < -0.3 is 0 Å². The number of benzene rings is 1. The van der Waals surface area contributed by atoms with E-state index in [1.165, 1.54) is 25.7 Å². The van der Waals surface area contributed by atoms with Gasteiger partial charge in [0.15, 0.2) is 0 Å². The van der Waals surface area contributed by atoms with Crippen LogP contribution in [0.4, 0.5) is 0 Å². The molecule has 3 heteroatoms. The van der Waals surface area contributed by atoms with Crippen molar-refractivity contribution in [3.05, 3.63) is 28.8 Å². The lowest BCUT2D eigenvalue weighted by Crippen LogP contribution is -1.94. The number of hydrogen-bond donors (Lipinski definition) is 0. The largest absolute Gasteiger partial charge is 0.192 e. The minimum Gasteiger partial charge on any atom is -0.192 e. The van der Waals surface area contributed by atoms with Gasteiger partial charge in [-0.3, -0.25) is 0 Å². The number of halogens is 1. The molecule has 0 amide bonds. The fraction of sp³-hybridized carbons (Fsp3) is 0.417. The Balaban J connectivity index is 2.18. The highest BCUT2D eigenvalue weighted by Gasteiger charge is 2.17. The molecule has 1 fully saturated rings. The minimum absolute atomic E-state index is 0.676. The molecule has 0 spiro atoms. The van der Waals surface area contributed by atoms with E-state index in [2.05, 4.69) is 6.07 Å². The predicted molar refractivity (Wildman–Crippen MR) is 64.3 cm³/mol. The summed E-state index contributed by atoms with van der Waals surface area (Å²) in [4.78, 5) is 1.04. The van der Waals surface area contributed by atoms with E-state index in [4.69, 9.17) is 16.9 Å². The van der Waals surface area contributed by atoms with Crippen molar-refractivity contribution in [3.63, 3.8) is 0 Å². The summed E-state index contributed by atoms with van der Waals surface area (Å²) in [6, 6.07) is 7.70. The Bertz CT molecular complexity index is 391. The number of rotatable bonds is 2. The third-order valence-corrected chi connectivity index (χ3v) is 4.29. The van der Waals surface area contributed by atoms with Crippen LogP contribution in [-0.4, -0.2) is 5.25 Å². The molecule has 0 aliphatic heterocycles.